The molecular weight excluding hydrogens is 236 g/mol. The first-order valence-electron chi connectivity index (χ1n) is 5.84. The Morgan fingerprint density at radius 3 is 2.71 bits per heavy atom. The van der Waals surface area contributed by atoms with Crippen LogP contribution in [0.3, 0.4) is 0 Å². The lowest BCUT2D eigenvalue weighted by Gasteiger charge is -2.33. The molecule has 1 aromatic rings. The SMILES string of the molecule is CN1CCN(CC(C(=O)O)c2cccs2)CC1. The molecule has 0 bridgehead atoms. The van der Waals surface area contributed by atoms with Crippen molar-refractivity contribution in [2.45, 2.75) is 5.92 Å². The van der Waals surface area contributed by atoms with Gasteiger partial charge in [-0.15, -0.1) is 11.3 Å². The molecule has 1 aliphatic heterocycles. The summed E-state index contributed by atoms with van der Waals surface area (Å²) in [6.07, 6.45) is 0. The van der Waals surface area contributed by atoms with E-state index in [4.69, 9.17) is 0 Å². The molecule has 1 aliphatic rings. The van der Waals surface area contributed by atoms with E-state index in [1.54, 1.807) is 0 Å². The predicted molar refractivity (Wildman–Crippen MR) is 68.6 cm³/mol. The van der Waals surface area contributed by atoms with Gasteiger partial charge in [0.15, 0.2) is 0 Å². The summed E-state index contributed by atoms with van der Waals surface area (Å²) in [5.41, 5.74) is 0. The molecule has 0 aromatic carbocycles. The van der Waals surface area contributed by atoms with Crippen molar-refractivity contribution in [3.8, 4) is 0 Å². The molecule has 2 rings (SSSR count). The zero-order valence-electron chi connectivity index (χ0n) is 10.0. The topological polar surface area (TPSA) is 43.8 Å². The highest BCUT2D eigenvalue weighted by Gasteiger charge is 2.25. The molecule has 94 valence electrons. The van der Waals surface area contributed by atoms with Crippen LogP contribution in [0.2, 0.25) is 0 Å². The van der Waals surface area contributed by atoms with E-state index in [0.29, 0.717) is 6.54 Å². The number of rotatable bonds is 4. The van der Waals surface area contributed by atoms with Gasteiger partial charge in [-0.1, -0.05) is 6.07 Å². The van der Waals surface area contributed by atoms with Gasteiger partial charge in [0.25, 0.3) is 0 Å². The molecule has 1 aromatic heterocycles. The van der Waals surface area contributed by atoms with Gasteiger partial charge in [0, 0.05) is 37.6 Å². The van der Waals surface area contributed by atoms with Crippen molar-refractivity contribution >= 4 is 17.3 Å². The van der Waals surface area contributed by atoms with E-state index >= 15 is 0 Å². The Balaban J connectivity index is 1.97. The van der Waals surface area contributed by atoms with Crippen molar-refractivity contribution in [3.63, 3.8) is 0 Å². The van der Waals surface area contributed by atoms with Crippen LogP contribution in [0.4, 0.5) is 0 Å². The number of piperazine rings is 1. The van der Waals surface area contributed by atoms with E-state index in [0.717, 1.165) is 31.1 Å². The maximum absolute atomic E-state index is 11.3. The molecule has 0 saturated carbocycles. The molecular formula is C12H18N2O2S. The Labute approximate surface area is 105 Å². The van der Waals surface area contributed by atoms with Crippen molar-refractivity contribution < 1.29 is 9.90 Å². The molecule has 1 saturated heterocycles. The highest BCUT2D eigenvalue weighted by Crippen LogP contribution is 2.23. The van der Waals surface area contributed by atoms with Crippen molar-refractivity contribution in [2.24, 2.45) is 0 Å². The van der Waals surface area contributed by atoms with Crippen LogP contribution in [0.25, 0.3) is 0 Å². The smallest absolute Gasteiger partial charge is 0.313 e. The fourth-order valence-corrected chi connectivity index (χ4v) is 2.88. The van der Waals surface area contributed by atoms with Crippen LogP contribution in [-0.2, 0) is 4.79 Å². The molecule has 0 amide bonds. The zero-order chi connectivity index (χ0) is 12.3. The monoisotopic (exact) mass is 254 g/mol. The number of hydrogen-bond donors (Lipinski definition) is 1. The van der Waals surface area contributed by atoms with E-state index in [1.807, 2.05) is 17.5 Å². The number of carbonyl (C=O) groups is 1. The molecule has 17 heavy (non-hydrogen) atoms. The first-order valence-corrected chi connectivity index (χ1v) is 6.72. The van der Waals surface area contributed by atoms with Crippen molar-refractivity contribution in [1.82, 2.24) is 9.80 Å². The zero-order valence-corrected chi connectivity index (χ0v) is 10.8. The fraction of sp³-hybridized carbons (Fsp3) is 0.583. The fourth-order valence-electron chi connectivity index (χ4n) is 2.07. The van der Waals surface area contributed by atoms with Crippen LogP contribution < -0.4 is 0 Å². The first kappa shape index (κ1) is 12.5. The molecule has 0 radical (unpaired) electrons. The van der Waals surface area contributed by atoms with E-state index in [2.05, 4.69) is 16.8 Å². The number of hydrogen-bond acceptors (Lipinski definition) is 4. The molecule has 1 unspecified atom stereocenters. The van der Waals surface area contributed by atoms with E-state index in [-0.39, 0.29) is 5.92 Å². The van der Waals surface area contributed by atoms with Gasteiger partial charge >= 0.3 is 5.97 Å². The summed E-state index contributed by atoms with van der Waals surface area (Å²) < 4.78 is 0. The van der Waals surface area contributed by atoms with E-state index in [1.165, 1.54) is 11.3 Å². The number of carboxylic acid groups (broad SMARTS) is 1. The Kier molecular flexibility index (Phi) is 4.15. The maximum Gasteiger partial charge on any atom is 0.313 e. The molecule has 5 heteroatoms. The maximum atomic E-state index is 11.3. The van der Waals surface area contributed by atoms with Crippen LogP contribution >= 0.6 is 11.3 Å². The average Bonchev–Trinajstić information content (AvgIpc) is 2.81. The van der Waals surface area contributed by atoms with Crippen molar-refractivity contribution in [1.29, 1.82) is 0 Å². The van der Waals surface area contributed by atoms with Crippen LogP contribution in [0.15, 0.2) is 17.5 Å². The summed E-state index contributed by atoms with van der Waals surface area (Å²) in [6, 6.07) is 3.83. The molecule has 1 atom stereocenters. The van der Waals surface area contributed by atoms with Gasteiger partial charge in [-0.05, 0) is 18.5 Å². The van der Waals surface area contributed by atoms with Gasteiger partial charge in [-0.3, -0.25) is 9.69 Å². The van der Waals surface area contributed by atoms with Gasteiger partial charge in [-0.25, -0.2) is 0 Å². The van der Waals surface area contributed by atoms with Crippen LogP contribution in [-0.4, -0.2) is 60.6 Å². The first-order chi connectivity index (χ1) is 8.16. The number of nitrogens with zero attached hydrogens (tertiary/aromatic N) is 2. The second-order valence-electron chi connectivity index (χ2n) is 4.51. The summed E-state index contributed by atoms with van der Waals surface area (Å²) in [5, 5.41) is 11.2. The lowest BCUT2D eigenvalue weighted by molar-refractivity contribution is -0.139. The lowest BCUT2D eigenvalue weighted by Crippen LogP contribution is -2.46. The van der Waals surface area contributed by atoms with Gasteiger partial charge in [0.05, 0.1) is 0 Å². The summed E-state index contributed by atoms with van der Waals surface area (Å²) in [4.78, 5) is 16.8. The predicted octanol–water partition coefficient (Wildman–Crippen LogP) is 1.16. The second kappa shape index (κ2) is 5.62. The second-order valence-corrected chi connectivity index (χ2v) is 5.49. The van der Waals surface area contributed by atoms with Crippen molar-refractivity contribution in [3.05, 3.63) is 22.4 Å². The molecule has 1 N–H and O–H groups in total. The highest BCUT2D eigenvalue weighted by molar-refractivity contribution is 7.10. The van der Waals surface area contributed by atoms with Gasteiger partial charge < -0.3 is 10.0 Å². The number of aliphatic carboxylic acids is 1. The van der Waals surface area contributed by atoms with Crippen LogP contribution in [0, 0.1) is 0 Å². The van der Waals surface area contributed by atoms with Crippen LogP contribution in [0.1, 0.15) is 10.8 Å². The normalized spacial score (nSPS) is 20.3. The number of likely N-dealkylation sites (N-methyl/N-ethyl adjacent to an activating group) is 1. The minimum absolute atomic E-state index is 0.376. The summed E-state index contributed by atoms with van der Waals surface area (Å²) in [6.45, 7) is 4.61. The molecule has 0 spiro atoms. The minimum atomic E-state index is -0.716. The third-order valence-electron chi connectivity index (χ3n) is 3.22. The van der Waals surface area contributed by atoms with Gasteiger partial charge in [0.1, 0.15) is 5.92 Å². The largest absolute Gasteiger partial charge is 0.481 e. The Morgan fingerprint density at radius 2 is 2.18 bits per heavy atom. The molecule has 0 aliphatic carbocycles. The van der Waals surface area contributed by atoms with E-state index in [9.17, 15) is 9.90 Å². The standard InChI is InChI=1S/C12H18N2O2S/c1-13-4-6-14(7-5-13)9-10(12(15)16)11-3-2-8-17-11/h2-3,8,10H,4-7,9H2,1H3,(H,15,16). The minimum Gasteiger partial charge on any atom is -0.481 e. The van der Waals surface area contributed by atoms with Crippen molar-refractivity contribution in [2.75, 3.05) is 39.8 Å². The van der Waals surface area contributed by atoms with E-state index < -0.39 is 5.97 Å². The number of thiophene rings is 1. The van der Waals surface area contributed by atoms with Crippen LogP contribution in [0.5, 0.6) is 0 Å². The Bertz CT molecular complexity index is 359. The summed E-state index contributed by atoms with van der Waals surface area (Å²) in [5.74, 6) is -1.09. The lowest BCUT2D eigenvalue weighted by atomic mass is 10.1. The average molecular weight is 254 g/mol. The third kappa shape index (κ3) is 3.28. The Morgan fingerprint density at radius 1 is 1.47 bits per heavy atom. The van der Waals surface area contributed by atoms with Gasteiger partial charge in [-0.2, -0.15) is 0 Å². The molecule has 1 fully saturated rings. The summed E-state index contributed by atoms with van der Waals surface area (Å²) in [7, 11) is 2.10. The van der Waals surface area contributed by atoms with Gasteiger partial charge in [0.2, 0.25) is 0 Å². The third-order valence-corrected chi connectivity index (χ3v) is 4.21. The summed E-state index contributed by atoms with van der Waals surface area (Å²) >= 11 is 1.53. The molecule has 2 heterocycles. The Hall–Kier alpha value is -0.910. The highest BCUT2D eigenvalue weighted by atomic mass is 32.1. The number of carboxylic acids is 1. The molecule has 4 nitrogen and oxygen atoms in total. The quantitative estimate of drug-likeness (QED) is 0.876.